The SMILES string of the molecule is CCCC(=O)N1CCN(c2ccc(NC(=S)NC(=O)c3cc(Br)cc(Br)c3OC)cc2Cl)CC1. The van der Waals surface area contributed by atoms with Crippen LogP contribution in [0.15, 0.2) is 39.3 Å². The third-order valence-corrected chi connectivity index (χ3v) is 6.88. The first-order chi connectivity index (χ1) is 16.2. The summed E-state index contributed by atoms with van der Waals surface area (Å²) in [5.74, 6) is 0.207. The lowest BCUT2D eigenvalue weighted by atomic mass is 10.2. The standard InChI is InChI=1S/C23H25Br2ClN4O3S/c1-3-4-20(31)30-9-7-29(8-10-30)19-6-5-15(13-18(19)26)27-23(34)28-22(32)16-11-14(24)12-17(25)21(16)33-2/h5-6,11-13H,3-4,7-10H2,1-2H3,(H2,27,28,32,34). The molecule has 0 bridgehead atoms. The van der Waals surface area contributed by atoms with Crippen LogP contribution in [0.25, 0.3) is 0 Å². The molecule has 0 aliphatic carbocycles. The van der Waals surface area contributed by atoms with E-state index in [-0.39, 0.29) is 11.0 Å². The zero-order valence-corrected chi connectivity index (χ0v) is 23.5. The van der Waals surface area contributed by atoms with Crippen LogP contribution in [0.4, 0.5) is 11.4 Å². The Bertz CT molecular complexity index is 1090. The second kappa shape index (κ2) is 12.2. The zero-order valence-electron chi connectivity index (χ0n) is 18.8. The van der Waals surface area contributed by atoms with Crippen LogP contribution in [0.5, 0.6) is 5.75 Å². The third kappa shape index (κ3) is 6.62. The van der Waals surface area contributed by atoms with Gasteiger partial charge >= 0.3 is 0 Å². The second-order valence-electron chi connectivity index (χ2n) is 7.66. The molecule has 34 heavy (non-hydrogen) atoms. The highest BCUT2D eigenvalue weighted by atomic mass is 79.9. The molecular weight excluding hydrogens is 608 g/mol. The molecule has 0 radical (unpaired) electrons. The maximum atomic E-state index is 12.8. The van der Waals surface area contributed by atoms with E-state index < -0.39 is 5.91 Å². The maximum Gasteiger partial charge on any atom is 0.261 e. The number of nitrogens with zero attached hydrogens (tertiary/aromatic N) is 2. The van der Waals surface area contributed by atoms with E-state index in [1.807, 2.05) is 24.0 Å². The molecular formula is C23H25Br2ClN4O3S. The Balaban J connectivity index is 1.61. The van der Waals surface area contributed by atoms with E-state index in [1.54, 1.807) is 18.2 Å². The largest absolute Gasteiger partial charge is 0.495 e. The van der Waals surface area contributed by atoms with Crippen molar-refractivity contribution >= 4 is 84.0 Å². The number of benzene rings is 2. The number of ether oxygens (including phenoxy) is 1. The van der Waals surface area contributed by atoms with Gasteiger partial charge in [-0.05, 0) is 64.9 Å². The predicted octanol–water partition coefficient (Wildman–Crippen LogP) is 5.45. The lowest BCUT2D eigenvalue weighted by Crippen LogP contribution is -2.48. The van der Waals surface area contributed by atoms with Crippen LogP contribution in [-0.4, -0.2) is 55.1 Å². The number of anilines is 2. The van der Waals surface area contributed by atoms with Crippen molar-refractivity contribution in [3.63, 3.8) is 0 Å². The van der Waals surface area contributed by atoms with Gasteiger partial charge in [-0.1, -0.05) is 34.5 Å². The average Bonchev–Trinajstić information content (AvgIpc) is 2.79. The van der Waals surface area contributed by atoms with Crippen molar-refractivity contribution in [2.75, 3.05) is 43.5 Å². The molecule has 2 aromatic carbocycles. The summed E-state index contributed by atoms with van der Waals surface area (Å²) >= 11 is 18.6. The topological polar surface area (TPSA) is 73.9 Å². The molecule has 1 aliphatic heterocycles. The molecule has 0 saturated carbocycles. The number of amides is 2. The van der Waals surface area contributed by atoms with Gasteiger partial charge < -0.3 is 19.9 Å². The van der Waals surface area contributed by atoms with E-state index in [0.29, 0.717) is 46.0 Å². The summed E-state index contributed by atoms with van der Waals surface area (Å²) in [6, 6.07) is 8.97. The first-order valence-corrected chi connectivity index (χ1v) is 13.1. The summed E-state index contributed by atoms with van der Waals surface area (Å²) in [5.41, 5.74) is 1.88. The van der Waals surface area contributed by atoms with Crippen LogP contribution in [-0.2, 0) is 4.79 Å². The van der Waals surface area contributed by atoms with Gasteiger partial charge in [-0.3, -0.25) is 14.9 Å². The average molecular weight is 633 g/mol. The smallest absolute Gasteiger partial charge is 0.261 e. The fourth-order valence-electron chi connectivity index (χ4n) is 3.68. The van der Waals surface area contributed by atoms with E-state index in [4.69, 9.17) is 28.6 Å². The van der Waals surface area contributed by atoms with Gasteiger partial charge in [0.15, 0.2) is 5.11 Å². The Morgan fingerprint density at radius 1 is 1.15 bits per heavy atom. The van der Waals surface area contributed by atoms with Crippen molar-refractivity contribution in [1.82, 2.24) is 10.2 Å². The Labute approximate surface area is 226 Å². The maximum absolute atomic E-state index is 12.8. The van der Waals surface area contributed by atoms with Gasteiger partial charge in [0.05, 0.1) is 27.9 Å². The van der Waals surface area contributed by atoms with Crippen LogP contribution in [0, 0.1) is 0 Å². The number of methoxy groups -OCH3 is 1. The molecule has 1 fully saturated rings. The lowest BCUT2D eigenvalue weighted by Gasteiger charge is -2.36. The van der Waals surface area contributed by atoms with Gasteiger partial charge in [0.2, 0.25) is 5.91 Å². The molecule has 0 spiro atoms. The minimum absolute atomic E-state index is 0.134. The van der Waals surface area contributed by atoms with E-state index in [9.17, 15) is 9.59 Å². The minimum Gasteiger partial charge on any atom is -0.495 e. The van der Waals surface area contributed by atoms with Crippen molar-refractivity contribution in [3.8, 4) is 5.75 Å². The summed E-state index contributed by atoms with van der Waals surface area (Å²) < 4.78 is 6.70. The quantitative estimate of drug-likeness (QED) is 0.413. The van der Waals surface area contributed by atoms with Crippen LogP contribution in [0.2, 0.25) is 5.02 Å². The summed E-state index contributed by atoms with van der Waals surface area (Å²) in [5, 5.41) is 6.36. The molecule has 2 aromatic rings. The van der Waals surface area contributed by atoms with E-state index in [2.05, 4.69) is 47.4 Å². The number of hydrogen-bond donors (Lipinski definition) is 2. The number of carbonyl (C=O) groups excluding carboxylic acids is 2. The monoisotopic (exact) mass is 630 g/mol. The molecule has 2 N–H and O–H groups in total. The molecule has 1 aliphatic rings. The molecule has 11 heteroatoms. The molecule has 1 saturated heterocycles. The van der Waals surface area contributed by atoms with Crippen molar-refractivity contribution in [2.24, 2.45) is 0 Å². The first-order valence-electron chi connectivity index (χ1n) is 10.7. The Kier molecular flexibility index (Phi) is 9.58. The van der Waals surface area contributed by atoms with Crippen LogP contribution in [0.1, 0.15) is 30.1 Å². The third-order valence-electron chi connectivity index (χ3n) is 5.33. The Hall–Kier alpha value is -1.88. The van der Waals surface area contributed by atoms with Crippen LogP contribution >= 0.6 is 55.7 Å². The highest BCUT2D eigenvalue weighted by Gasteiger charge is 2.22. The molecule has 2 amide bonds. The lowest BCUT2D eigenvalue weighted by molar-refractivity contribution is -0.131. The van der Waals surface area contributed by atoms with E-state index >= 15 is 0 Å². The zero-order chi connectivity index (χ0) is 24.8. The van der Waals surface area contributed by atoms with E-state index in [1.165, 1.54) is 7.11 Å². The molecule has 0 unspecified atom stereocenters. The number of piperazine rings is 1. The highest BCUT2D eigenvalue weighted by molar-refractivity contribution is 9.11. The van der Waals surface area contributed by atoms with Crippen molar-refractivity contribution in [3.05, 3.63) is 49.9 Å². The number of thiocarbonyl (C=S) groups is 1. The van der Waals surface area contributed by atoms with Gasteiger partial charge in [0.1, 0.15) is 5.75 Å². The number of carbonyl (C=O) groups is 2. The van der Waals surface area contributed by atoms with Gasteiger partial charge in [0, 0.05) is 42.8 Å². The summed E-state index contributed by atoms with van der Waals surface area (Å²) in [6.07, 6.45) is 1.44. The molecule has 0 atom stereocenters. The van der Waals surface area contributed by atoms with Crippen LogP contribution in [0.3, 0.4) is 0 Å². The van der Waals surface area contributed by atoms with E-state index in [0.717, 1.165) is 29.7 Å². The number of rotatable bonds is 6. The minimum atomic E-state index is -0.408. The fraction of sp³-hybridized carbons (Fsp3) is 0.348. The van der Waals surface area contributed by atoms with Gasteiger partial charge in [-0.15, -0.1) is 0 Å². The summed E-state index contributed by atoms with van der Waals surface area (Å²) in [7, 11) is 1.49. The Morgan fingerprint density at radius 2 is 1.85 bits per heavy atom. The highest BCUT2D eigenvalue weighted by Crippen LogP contribution is 2.33. The molecule has 182 valence electrons. The number of hydrogen-bond acceptors (Lipinski definition) is 5. The van der Waals surface area contributed by atoms with Gasteiger partial charge in [-0.25, -0.2) is 0 Å². The summed E-state index contributed by atoms with van der Waals surface area (Å²) in [6.45, 7) is 4.82. The number of halogens is 3. The van der Waals surface area contributed by atoms with Crippen molar-refractivity contribution in [1.29, 1.82) is 0 Å². The Morgan fingerprint density at radius 3 is 2.47 bits per heavy atom. The predicted molar refractivity (Wildman–Crippen MR) is 147 cm³/mol. The van der Waals surface area contributed by atoms with Crippen molar-refractivity contribution < 1.29 is 14.3 Å². The van der Waals surface area contributed by atoms with Gasteiger partial charge in [-0.2, -0.15) is 0 Å². The van der Waals surface area contributed by atoms with Gasteiger partial charge in [0.25, 0.3) is 5.91 Å². The normalized spacial score (nSPS) is 13.4. The fourth-order valence-corrected chi connectivity index (χ4v) is 5.58. The molecule has 1 heterocycles. The second-order valence-corrected chi connectivity index (χ2v) is 10.2. The molecule has 3 rings (SSSR count). The van der Waals surface area contributed by atoms with Crippen LogP contribution < -0.4 is 20.3 Å². The number of nitrogens with one attached hydrogen (secondary N) is 2. The van der Waals surface area contributed by atoms with Crippen molar-refractivity contribution in [2.45, 2.75) is 19.8 Å². The first kappa shape index (κ1) is 26.7. The molecule has 0 aromatic heterocycles. The summed E-state index contributed by atoms with van der Waals surface area (Å²) in [4.78, 5) is 28.9. The molecule has 7 nitrogen and oxygen atoms in total.